The summed E-state index contributed by atoms with van der Waals surface area (Å²) in [6.07, 6.45) is 4.97. The van der Waals surface area contributed by atoms with Crippen LogP contribution in [-0.2, 0) is 16.3 Å². The smallest absolute Gasteiger partial charge is 0.161 e. The van der Waals surface area contributed by atoms with E-state index in [1.165, 1.54) is 18.4 Å². The van der Waals surface area contributed by atoms with Crippen LogP contribution < -0.4 is 4.90 Å². The van der Waals surface area contributed by atoms with Gasteiger partial charge in [0, 0.05) is 37.7 Å². The summed E-state index contributed by atoms with van der Waals surface area (Å²) in [6.45, 7) is 0. The van der Waals surface area contributed by atoms with Crippen molar-refractivity contribution >= 4 is 37.6 Å². The first-order chi connectivity index (χ1) is 19.1. The fraction of sp³-hybridized carbons (Fsp3) is 0.172. The predicted octanol–water partition coefficient (Wildman–Crippen LogP) is 5.02. The van der Waals surface area contributed by atoms with Crippen LogP contribution in [0.25, 0.3) is 56.0 Å². The molecule has 202 valence electrons. The van der Waals surface area contributed by atoms with Gasteiger partial charge in [-0.3, -0.25) is 10.1 Å². The van der Waals surface area contributed by atoms with Crippen LogP contribution in [0.3, 0.4) is 0 Å². The van der Waals surface area contributed by atoms with E-state index in [1.54, 1.807) is 12.4 Å². The minimum absolute atomic E-state index is 0.0522. The molecule has 0 aliphatic heterocycles. The number of rotatable bonds is 7. The van der Waals surface area contributed by atoms with Crippen molar-refractivity contribution in [1.82, 2.24) is 30.1 Å². The van der Waals surface area contributed by atoms with E-state index >= 15 is 0 Å². The Hall–Kier alpha value is -4.64. The SMILES string of the molecule is CN(C)c1cncc(-c2ccc3[nH]nc(-c4nc5c(-c6cc(F)cc(CCS(C)(=O)=O)c6)cccc5[nH]4)c3n2)c1. The van der Waals surface area contributed by atoms with E-state index in [0.29, 0.717) is 33.7 Å². The molecule has 2 aromatic carbocycles. The Morgan fingerprint density at radius 2 is 1.77 bits per heavy atom. The first-order valence-electron chi connectivity index (χ1n) is 12.6. The molecule has 6 rings (SSSR count). The quantitative estimate of drug-likeness (QED) is 0.284. The molecule has 4 heterocycles. The summed E-state index contributed by atoms with van der Waals surface area (Å²) in [5.74, 6) is 0.0347. The van der Waals surface area contributed by atoms with Gasteiger partial charge in [0.05, 0.1) is 39.9 Å². The van der Waals surface area contributed by atoms with Gasteiger partial charge >= 0.3 is 0 Å². The standard InChI is InChI=1S/C29H26FN7O2S/c1-37(2)21-14-19(15-31-16-21)23-7-8-25-27(32-23)28(36-35-25)29-33-24-6-4-5-22(26(24)34-29)18-11-17(12-20(30)13-18)9-10-40(3,38)39/h4-8,11-16H,9-10H2,1-3H3,(H,33,34)(H,35,36). The number of aromatic nitrogens is 6. The third-order valence-corrected chi connectivity index (χ3v) is 7.66. The molecular weight excluding hydrogens is 529 g/mol. The van der Waals surface area contributed by atoms with Crippen molar-refractivity contribution < 1.29 is 12.8 Å². The Balaban J connectivity index is 1.42. The Bertz CT molecular complexity index is 2000. The summed E-state index contributed by atoms with van der Waals surface area (Å²) in [6, 6.07) is 16.1. The van der Waals surface area contributed by atoms with Gasteiger partial charge in [0.2, 0.25) is 0 Å². The van der Waals surface area contributed by atoms with Crippen LogP contribution in [0.15, 0.2) is 67.0 Å². The Morgan fingerprint density at radius 1 is 0.925 bits per heavy atom. The molecule has 11 heteroatoms. The molecule has 0 atom stereocenters. The Kier molecular flexibility index (Phi) is 6.30. The van der Waals surface area contributed by atoms with Crippen LogP contribution in [0.4, 0.5) is 10.1 Å². The van der Waals surface area contributed by atoms with Gasteiger partial charge in [-0.2, -0.15) is 5.10 Å². The number of para-hydroxylation sites is 1. The van der Waals surface area contributed by atoms with Gasteiger partial charge < -0.3 is 9.88 Å². The second kappa shape index (κ2) is 9.83. The number of fused-ring (bicyclic) bond motifs is 2. The number of pyridine rings is 2. The van der Waals surface area contributed by atoms with Crippen molar-refractivity contribution in [2.24, 2.45) is 0 Å². The molecule has 0 saturated heterocycles. The van der Waals surface area contributed by atoms with E-state index in [2.05, 4.69) is 20.2 Å². The van der Waals surface area contributed by atoms with Crippen LogP contribution in [0.2, 0.25) is 0 Å². The molecule has 0 radical (unpaired) electrons. The molecule has 0 unspecified atom stereocenters. The summed E-state index contributed by atoms with van der Waals surface area (Å²) >= 11 is 0. The van der Waals surface area contributed by atoms with E-state index in [1.807, 2.05) is 61.5 Å². The zero-order chi connectivity index (χ0) is 28.0. The van der Waals surface area contributed by atoms with Gasteiger partial charge in [0.15, 0.2) is 11.5 Å². The first-order valence-corrected chi connectivity index (χ1v) is 14.7. The third kappa shape index (κ3) is 5.03. The highest BCUT2D eigenvalue weighted by Crippen LogP contribution is 2.33. The maximum atomic E-state index is 14.6. The molecule has 0 aliphatic rings. The van der Waals surface area contributed by atoms with Crippen molar-refractivity contribution in [2.45, 2.75) is 6.42 Å². The van der Waals surface area contributed by atoms with Gasteiger partial charge in [-0.05, 0) is 53.9 Å². The monoisotopic (exact) mass is 555 g/mol. The zero-order valence-corrected chi connectivity index (χ0v) is 22.9. The number of hydrogen-bond donors (Lipinski definition) is 2. The van der Waals surface area contributed by atoms with E-state index in [4.69, 9.17) is 9.97 Å². The minimum atomic E-state index is -3.18. The van der Waals surface area contributed by atoms with Crippen molar-refractivity contribution in [3.05, 3.63) is 78.4 Å². The molecule has 2 N–H and O–H groups in total. The first kappa shape index (κ1) is 25.6. The van der Waals surface area contributed by atoms with Crippen LogP contribution in [0, 0.1) is 5.82 Å². The molecule has 6 aromatic rings. The molecule has 4 aromatic heterocycles. The maximum absolute atomic E-state index is 14.6. The number of nitrogens with one attached hydrogen (secondary N) is 2. The number of imidazole rings is 1. The van der Waals surface area contributed by atoms with Crippen molar-refractivity contribution in [3.8, 4) is 33.9 Å². The summed E-state index contributed by atoms with van der Waals surface area (Å²) in [7, 11) is 0.745. The lowest BCUT2D eigenvalue weighted by Crippen LogP contribution is -2.08. The molecule has 40 heavy (non-hydrogen) atoms. The molecule has 9 nitrogen and oxygen atoms in total. The predicted molar refractivity (Wildman–Crippen MR) is 155 cm³/mol. The van der Waals surface area contributed by atoms with E-state index < -0.39 is 15.7 Å². The van der Waals surface area contributed by atoms with Crippen LogP contribution in [0.1, 0.15) is 5.56 Å². The Morgan fingerprint density at radius 3 is 2.58 bits per heavy atom. The number of hydrogen-bond acceptors (Lipinski definition) is 7. The van der Waals surface area contributed by atoms with E-state index in [9.17, 15) is 12.8 Å². The fourth-order valence-corrected chi connectivity index (χ4v) is 5.27. The zero-order valence-electron chi connectivity index (χ0n) is 22.1. The van der Waals surface area contributed by atoms with Gasteiger partial charge in [-0.25, -0.2) is 22.8 Å². The largest absolute Gasteiger partial charge is 0.376 e. The number of H-pyrrole nitrogens is 2. The second-order valence-corrected chi connectivity index (χ2v) is 12.3. The Labute approximate surface area is 230 Å². The fourth-order valence-electron chi connectivity index (χ4n) is 4.67. The second-order valence-electron chi connectivity index (χ2n) is 10.0. The average Bonchev–Trinajstić information content (AvgIpc) is 3.55. The summed E-state index contributed by atoms with van der Waals surface area (Å²) < 4.78 is 37.9. The van der Waals surface area contributed by atoms with Gasteiger partial charge in [-0.1, -0.05) is 18.2 Å². The highest BCUT2D eigenvalue weighted by Gasteiger charge is 2.18. The molecule has 0 bridgehead atoms. The molecule has 0 amide bonds. The van der Waals surface area contributed by atoms with Crippen LogP contribution >= 0.6 is 0 Å². The minimum Gasteiger partial charge on any atom is -0.376 e. The van der Waals surface area contributed by atoms with Crippen molar-refractivity contribution in [2.75, 3.05) is 31.0 Å². The number of aromatic amines is 2. The number of anilines is 1. The van der Waals surface area contributed by atoms with Gasteiger partial charge in [-0.15, -0.1) is 0 Å². The lowest BCUT2D eigenvalue weighted by molar-refractivity contribution is 0.600. The highest BCUT2D eigenvalue weighted by molar-refractivity contribution is 7.90. The lowest BCUT2D eigenvalue weighted by Gasteiger charge is -2.12. The van der Waals surface area contributed by atoms with Gasteiger partial charge in [0.1, 0.15) is 21.2 Å². The van der Waals surface area contributed by atoms with Crippen LogP contribution in [0.5, 0.6) is 0 Å². The summed E-state index contributed by atoms with van der Waals surface area (Å²) in [5, 5.41) is 7.53. The molecule has 0 fully saturated rings. The lowest BCUT2D eigenvalue weighted by atomic mass is 10.0. The number of halogens is 1. The number of sulfone groups is 1. The van der Waals surface area contributed by atoms with E-state index in [0.717, 1.165) is 33.5 Å². The number of aryl methyl sites for hydroxylation is 1. The van der Waals surface area contributed by atoms with E-state index in [-0.39, 0.29) is 12.2 Å². The third-order valence-electron chi connectivity index (χ3n) is 6.71. The molecule has 0 spiro atoms. The normalized spacial score (nSPS) is 11.9. The topological polar surface area (TPSA) is 121 Å². The van der Waals surface area contributed by atoms with Crippen LogP contribution in [-0.4, -0.2) is 64.7 Å². The molecular formula is C29H26FN7O2S. The molecule has 0 saturated carbocycles. The highest BCUT2D eigenvalue weighted by atomic mass is 32.2. The summed E-state index contributed by atoms with van der Waals surface area (Å²) in [5.41, 5.74) is 7.92. The number of benzene rings is 2. The summed E-state index contributed by atoms with van der Waals surface area (Å²) in [4.78, 5) is 19.4. The maximum Gasteiger partial charge on any atom is 0.161 e. The van der Waals surface area contributed by atoms with Gasteiger partial charge in [0.25, 0.3) is 0 Å². The average molecular weight is 556 g/mol. The van der Waals surface area contributed by atoms with Crippen molar-refractivity contribution in [1.29, 1.82) is 0 Å². The van der Waals surface area contributed by atoms with Crippen molar-refractivity contribution in [3.63, 3.8) is 0 Å². The number of nitrogens with zero attached hydrogens (tertiary/aromatic N) is 5. The molecule has 0 aliphatic carbocycles.